The molecular weight excluding hydrogens is 251 g/mol. The van der Waals surface area contributed by atoms with E-state index in [0.29, 0.717) is 0 Å². The summed E-state index contributed by atoms with van der Waals surface area (Å²) < 4.78 is 4.66. The average molecular weight is 263 g/mol. The SMILES string of the molecule is Br.COC(=O)P(C)c1ccccc1. The highest BCUT2D eigenvalue weighted by atomic mass is 79.9. The molecule has 72 valence electrons. The molecule has 2 nitrogen and oxygen atoms in total. The Morgan fingerprint density at radius 1 is 1.31 bits per heavy atom. The van der Waals surface area contributed by atoms with Gasteiger partial charge in [0.05, 0.1) is 7.11 Å². The summed E-state index contributed by atoms with van der Waals surface area (Å²) in [6.07, 6.45) is 0. The molecule has 0 aliphatic carbocycles. The van der Waals surface area contributed by atoms with Crippen LogP contribution in [0.1, 0.15) is 0 Å². The van der Waals surface area contributed by atoms with Crippen molar-refractivity contribution in [1.29, 1.82) is 0 Å². The predicted octanol–water partition coefficient (Wildman–Crippen LogP) is 2.77. The normalized spacial score (nSPS) is 11.2. The summed E-state index contributed by atoms with van der Waals surface area (Å²) in [6.45, 7) is 1.90. The largest absolute Gasteiger partial charge is 0.466 e. The van der Waals surface area contributed by atoms with Crippen LogP contribution in [0.4, 0.5) is 4.79 Å². The first-order valence-corrected chi connectivity index (χ1v) is 5.41. The van der Waals surface area contributed by atoms with Gasteiger partial charge in [0, 0.05) is 7.92 Å². The van der Waals surface area contributed by atoms with Crippen molar-refractivity contribution in [2.75, 3.05) is 13.8 Å². The highest BCUT2D eigenvalue weighted by Gasteiger charge is 2.13. The van der Waals surface area contributed by atoms with Crippen LogP contribution in [0.15, 0.2) is 30.3 Å². The van der Waals surface area contributed by atoms with Gasteiger partial charge in [0.2, 0.25) is 0 Å². The van der Waals surface area contributed by atoms with Gasteiger partial charge in [-0.15, -0.1) is 17.0 Å². The van der Waals surface area contributed by atoms with Gasteiger partial charge in [-0.1, -0.05) is 30.3 Å². The first kappa shape index (κ1) is 12.6. The zero-order valence-corrected chi connectivity index (χ0v) is 10.2. The van der Waals surface area contributed by atoms with Gasteiger partial charge in [-0.25, -0.2) is 4.79 Å². The van der Waals surface area contributed by atoms with Crippen LogP contribution in [-0.2, 0) is 4.74 Å². The first-order valence-electron chi connectivity index (χ1n) is 3.62. The summed E-state index contributed by atoms with van der Waals surface area (Å²) in [7, 11) is 0.623. The standard InChI is InChI=1S/C9H11O2P.BrH/c1-11-9(10)12(2)8-6-4-3-5-7-8;/h3-7H,1-2H3;1H. The quantitative estimate of drug-likeness (QED) is 0.767. The van der Waals surface area contributed by atoms with Gasteiger partial charge in [-0.2, -0.15) is 0 Å². The van der Waals surface area contributed by atoms with E-state index in [2.05, 4.69) is 4.74 Å². The van der Waals surface area contributed by atoms with Crippen molar-refractivity contribution in [1.82, 2.24) is 0 Å². The Kier molecular flexibility index (Phi) is 5.93. The number of ether oxygens (including phenoxy) is 1. The predicted molar refractivity (Wildman–Crippen MR) is 61.6 cm³/mol. The van der Waals surface area contributed by atoms with Crippen LogP contribution in [-0.4, -0.2) is 19.5 Å². The molecule has 1 aromatic carbocycles. The molecule has 0 N–H and O–H groups in total. The molecule has 0 fully saturated rings. The summed E-state index contributed by atoms with van der Waals surface area (Å²) >= 11 is 0. The van der Waals surface area contributed by atoms with Gasteiger partial charge in [-0.05, 0) is 12.0 Å². The van der Waals surface area contributed by atoms with Gasteiger partial charge in [0.25, 0.3) is 0 Å². The van der Waals surface area contributed by atoms with Gasteiger partial charge in [0.15, 0.2) is 0 Å². The van der Waals surface area contributed by atoms with Gasteiger partial charge >= 0.3 is 5.71 Å². The maximum absolute atomic E-state index is 11.1. The number of hydrogen-bond donors (Lipinski definition) is 0. The number of halogens is 1. The van der Waals surface area contributed by atoms with Crippen LogP contribution in [0.5, 0.6) is 0 Å². The van der Waals surface area contributed by atoms with Crippen molar-refractivity contribution in [3.63, 3.8) is 0 Å². The van der Waals surface area contributed by atoms with Crippen LogP contribution >= 0.6 is 24.9 Å². The Morgan fingerprint density at radius 2 is 1.85 bits per heavy atom. The smallest absolute Gasteiger partial charge is 0.330 e. The molecule has 0 aromatic heterocycles. The molecule has 0 saturated carbocycles. The van der Waals surface area contributed by atoms with Crippen LogP contribution in [0, 0.1) is 0 Å². The molecule has 0 heterocycles. The molecule has 1 unspecified atom stereocenters. The molecule has 0 saturated heterocycles. The van der Waals surface area contributed by atoms with E-state index in [1.165, 1.54) is 7.11 Å². The van der Waals surface area contributed by atoms with E-state index in [-0.39, 0.29) is 22.7 Å². The molecule has 4 heteroatoms. The number of carbonyl (C=O) groups excluding carboxylic acids is 1. The minimum absolute atomic E-state index is 0. The number of rotatable bonds is 2. The fraction of sp³-hybridized carbons (Fsp3) is 0.222. The maximum atomic E-state index is 11.1. The topological polar surface area (TPSA) is 26.3 Å². The number of carbonyl (C=O) groups is 1. The molecule has 0 bridgehead atoms. The highest BCUT2D eigenvalue weighted by Crippen LogP contribution is 2.31. The zero-order valence-electron chi connectivity index (χ0n) is 7.56. The Balaban J connectivity index is 0.00000144. The van der Waals surface area contributed by atoms with E-state index in [1.54, 1.807) is 0 Å². The molecule has 0 radical (unpaired) electrons. The molecule has 1 atom stereocenters. The Hall–Kier alpha value is -0.400. The second-order valence-electron chi connectivity index (χ2n) is 2.36. The minimum Gasteiger partial charge on any atom is -0.466 e. The highest BCUT2D eigenvalue weighted by molar-refractivity contribution is 8.93. The summed E-state index contributed by atoms with van der Waals surface area (Å²) in [6, 6.07) is 9.68. The van der Waals surface area contributed by atoms with Gasteiger partial charge < -0.3 is 4.74 Å². The van der Waals surface area contributed by atoms with E-state index in [9.17, 15) is 4.79 Å². The van der Waals surface area contributed by atoms with E-state index >= 15 is 0 Å². The molecule has 1 rings (SSSR count). The van der Waals surface area contributed by atoms with Crippen molar-refractivity contribution in [3.05, 3.63) is 30.3 Å². The second kappa shape index (κ2) is 6.11. The van der Waals surface area contributed by atoms with Crippen LogP contribution in [0.25, 0.3) is 0 Å². The van der Waals surface area contributed by atoms with E-state index < -0.39 is 7.92 Å². The minimum atomic E-state index is -0.798. The third-order valence-corrected chi connectivity index (χ3v) is 3.40. The Morgan fingerprint density at radius 3 is 2.31 bits per heavy atom. The fourth-order valence-corrected chi connectivity index (χ4v) is 2.00. The van der Waals surface area contributed by atoms with Gasteiger partial charge in [0.1, 0.15) is 0 Å². The third-order valence-electron chi connectivity index (χ3n) is 1.59. The van der Waals surface area contributed by atoms with Gasteiger partial charge in [-0.3, -0.25) is 0 Å². The lowest BCUT2D eigenvalue weighted by molar-refractivity contribution is 0.199. The number of benzene rings is 1. The van der Waals surface area contributed by atoms with Crippen LogP contribution < -0.4 is 5.30 Å². The summed E-state index contributed by atoms with van der Waals surface area (Å²) in [5.41, 5.74) is -0.129. The van der Waals surface area contributed by atoms with Crippen molar-refractivity contribution >= 4 is 35.9 Å². The lowest BCUT2D eigenvalue weighted by Gasteiger charge is -2.08. The van der Waals surface area contributed by atoms with E-state index in [0.717, 1.165) is 5.30 Å². The number of hydrogen-bond acceptors (Lipinski definition) is 2. The zero-order chi connectivity index (χ0) is 8.97. The second-order valence-corrected chi connectivity index (χ2v) is 4.36. The summed E-state index contributed by atoms with van der Waals surface area (Å²) in [5.74, 6) is 0. The lowest BCUT2D eigenvalue weighted by Crippen LogP contribution is -2.06. The molecule has 13 heavy (non-hydrogen) atoms. The fourth-order valence-electron chi connectivity index (χ4n) is 0.894. The average Bonchev–Trinajstić information content (AvgIpc) is 2.17. The molecule has 0 amide bonds. The maximum Gasteiger partial charge on any atom is 0.330 e. The van der Waals surface area contributed by atoms with Crippen molar-refractivity contribution in [2.45, 2.75) is 0 Å². The first-order chi connectivity index (χ1) is 5.75. The Bertz CT molecular complexity index is 264. The van der Waals surface area contributed by atoms with E-state index in [4.69, 9.17) is 0 Å². The molecule has 1 aromatic rings. The van der Waals surface area contributed by atoms with E-state index in [1.807, 2.05) is 37.0 Å². The van der Waals surface area contributed by atoms with Crippen LogP contribution in [0.3, 0.4) is 0 Å². The molecule has 0 aliphatic heterocycles. The van der Waals surface area contributed by atoms with Crippen molar-refractivity contribution in [3.8, 4) is 0 Å². The van der Waals surface area contributed by atoms with Crippen molar-refractivity contribution < 1.29 is 9.53 Å². The molecule has 0 aliphatic rings. The summed E-state index contributed by atoms with van der Waals surface area (Å²) in [4.78, 5) is 11.1. The van der Waals surface area contributed by atoms with Crippen LogP contribution in [0.2, 0.25) is 0 Å². The summed E-state index contributed by atoms with van der Waals surface area (Å²) in [5, 5.41) is 1.05. The number of methoxy groups -OCH3 is 1. The molecule has 0 spiro atoms. The third kappa shape index (κ3) is 3.45. The van der Waals surface area contributed by atoms with Crippen molar-refractivity contribution in [2.24, 2.45) is 0 Å². The Labute approximate surface area is 89.8 Å². The molecular formula is C9H12BrO2P. The lowest BCUT2D eigenvalue weighted by atomic mass is 10.4. The monoisotopic (exact) mass is 262 g/mol.